The van der Waals surface area contributed by atoms with Gasteiger partial charge in [0.05, 0.1) is 21.9 Å². The van der Waals surface area contributed by atoms with Crippen molar-refractivity contribution in [3.05, 3.63) is 63.1 Å². The Morgan fingerprint density at radius 2 is 1.56 bits per heavy atom. The topological polar surface area (TPSA) is 24.4 Å². The number of hydrogen-bond donors (Lipinski definition) is 1. The zero-order valence-electron chi connectivity index (χ0n) is 9.20. The summed E-state index contributed by atoms with van der Waals surface area (Å²) in [6.07, 6.45) is 1.68. The summed E-state index contributed by atoms with van der Waals surface area (Å²) in [5.41, 5.74) is 4.32. The molecule has 1 N–H and O–H groups in total. The van der Waals surface area contributed by atoms with E-state index in [9.17, 15) is 0 Å². The standard InChI is InChI=1S/C13H9Cl3N2/c14-10-6-11(15)13(12(16)7-10)18-17-8-9-4-2-1-3-5-9/h1-8,18H/b17-8-. The molecular formula is C13H9Cl3N2. The van der Waals surface area contributed by atoms with Crippen molar-refractivity contribution in [3.8, 4) is 0 Å². The lowest BCUT2D eigenvalue weighted by Crippen LogP contribution is -1.92. The molecule has 0 unspecified atom stereocenters. The van der Waals surface area contributed by atoms with Gasteiger partial charge in [-0.1, -0.05) is 65.1 Å². The number of halogens is 3. The highest BCUT2D eigenvalue weighted by molar-refractivity contribution is 6.41. The van der Waals surface area contributed by atoms with E-state index in [1.54, 1.807) is 18.3 Å². The Labute approximate surface area is 120 Å². The number of hydrogen-bond acceptors (Lipinski definition) is 2. The summed E-state index contributed by atoms with van der Waals surface area (Å²) in [5, 5.41) is 5.42. The maximum Gasteiger partial charge on any atom is 0.0935 e. The normalized spacial score (nSPS) is 10.8. The average Bonchev–Trinajstić information content (AvgIpc) is 2.34. The van der Waals surface area contributed by atoms with Crippen LogP contribution in [0.4, 0.5) is 5.69 Å². The van der Waals surface area contributed by atoms with Crippen molar-refractivity contribution < 1.29 is 0 Å². The van der Waals surface area contributed by atoms with E-state index in [4.69, 9.17) is 34.8 Å². The summed E-state index contributed by atoms with van der Waals surface area (Å²) in [5.74, 6) is 0. The van der Waals surface area contributed by atoms with Crippen LogP contribution in [0.25, 0.3) is 0 Å². The molecule has 0 aliphatic heterocycles. The predicted octanol–water partition coefficient (Wildman–Crippen LogP) is 5.09. The summed E-state index contributed by atoms with van der Waals surface area (Å²) in [7, 11) is 0. The van der Waals surface area contributed by atoms with E-state index in [2.05, 4.69) is 10.5 Å². The van der Waals surface area contributed by atoms with Crippen molar-refractivity contribution in [3.63, 3.8) is 0 Å². The van der Waals surface area contributed by atoms with Crippen LogP contribution in [0.2, 0.25) is 15.1 Å². The Bertz CT molecular complexity index is 545. The fourth-order valence-corrected chi connectivity index (χ4v) is 2.26. The Morgan fingerprint density at radius 1 is 0.944 bits per heavy atom. The molecule has 0 radical (unpaired) electrons. The van der Waals surface area contributed by atoms with Gasteiger partial charge in [-0.2, -0.15) is 5.10 Å². The second-order valence-corrected chi connectivity index (χ2v) is 4.78. The fourth-order valence-electron chi connectivity index (χ4n) is 1.36. The molecule has 92 valence electrons. The largest absolute Gasteiger partial charge is 0.275 e. The van der Waals surface area contributed by atoms with Crippen molar-refractivity contribution in [2.24, 2.45) is 5.10 Å². The van der Waals surface area contributed by atoms with Gasteiger partial charge in [0.25, 0.3) is 0 Å². The lowest BCUT2D eigenvalue weighted by atomic mass is 10.2. The third-order valence-corrected chi connectivity index (χ3v) is 3.01. The number of hydrazone groups is 1. The van der Waals surface area contributed by atoms with Crippen molar-refractivity contribution in [1.82, 2.24) is 0 Å². The third kappa shape index (κ3) is 3.39. The highest BCUT2D eigenvalue weighted by Gasteiger charge is 2.06. The van der Waals surface area contributed by atoms with Gasteiger partial charge in [-0.3, -0.25) is 5.43 Å². The molecule has 0 atom stereocenters. The highest BCUT2D eigenvalue weighted by atomic mass is 35.5. The molecule has 0 spiro atoms. The monoisotopic (exact) mass is 298 g/mol. The van der Waals surface area contributed by atoms with Gasteiger partial charge in [0.2, 0.25) is 0 Å². The Hall–Kier alpha value is -1.22. The van der Waals surface area contributed by atoms with Crippen LogP contribution in [-0.4, -0.2) is 6.21 Å². The molecule has 0 saturated carbocycles. The second-order valence-electron chi connectivity index (χ2n) is 3.53. The zero-order valence-corrected chi connectivity index (χ0v) is 11.5. The molecular weight excluding hydrogens is 291 g/mol. The number of nitrogens with zero attached hydrogens (tertiary/aromatic N) is 1. The first-order valence-corrected chi connectivity index (χ1v) is 6.29. The maximum absolute atomic E-state index is 6.01. The minimum atomic E-state index is 0.428. The van der Waals surface area contributed by atoms with Crippen LogP contribution in [0.15, 0.2) is 47.6 Å². The molecule has 0 aromatic heterocycles. The summed E-state index contributed by atoms with van der Waals surface area (Å²) >= 11 is 17.8. The second kappa shape index (κ2) is 6.10. The molecule has 0 bridgehead atoms. The summed E-state index contributed by atoms with van der Waals surface area (Å²) in [4.78, 5) is 0. The van der Waals surface area contributed by atoms with Gasteiger partial charge in [-0.25, -0.2) is 0 Å². The van der Waals surface area contributed by atoms with Crippen LogP contribution in [-0.2, 0) is 0 Å². The van der Waals surface area contributed by atoms with Gasteiger partial charge in [-0.05, 0) is 17.7 Å². The maximum atomic E-state index is 6.01. The van der Waals surface area contributed by atoms with Gasteiger partial charge in [0, 0.05) is 5.02 Å². The van der Waals surface area contributed by atoms with Crippen molar-refractivity contribution in [2.75, 3.05) is 5.43 Å². The Morgan fingerprint density at radius 3 is 2.17 bits per heavy atom. The molecule has 0 fully saturated rings. The van der Waals surface area contributed by atoms with Gasteiger partial charge < -0.3 is 0 Å². The third-order valence-electron chi connectivity index (χ3n) is 2.20. The molecule has 0 saturated heterocycles. The first-order chi connectivity index (χ1) is 8.66. The van der Waals surface area contributed by atoms with Gasteiger partial charge >= 0.3 is 0 Å². The SMILES string of the molecule is Clc1cc(Cl)c(N/N=C\c2ccccc2)c(Cl)c1. The van der Waals surface area contributed by atoms with E-state index >= 15 is 0 Å². The molecule has 0 aliphatic carbocycles. The zero-order chi connectivity index (χ0) is 13.0. The molecule has 0 aliphatic rings. The van der Waals surface area contributed by atoms with E-state index < -0.39 is 0 Å². The summed E-state index contributed by atoms with van der Waals surface area (Å²) in [6, 6.07) is 12.9. The van der Waals surface area contributed by atoms with E-state index in [1.165, 1.54) is 0 Å². The molecule has 2 nitrogen and oxygen atoms in total. The van der Waals surface area contributed by atoms with Crippen LogP contribution in [0.5, 0.6) is 0 Å². The van der Waals surface area contributed by atoms with E-state index in [0.717, 1.165) is 5.56 Å². The number of anilines is 1. The van der Waals surface area contributed by atoms with Crippen LogP contribution < -0.4 is 5.43 Å². The minimum Gasteiger partial charge on any atom is -0.275 e. The molecule has 18 heavy (non-hydrogen) atoms. The van der Waals surface area contributed by atoms with Crippen LogP contribution in [0.1, 0.15) is 5.56 Å². The fraction of sp³-hybridized carbons (Fsp3) is 0. The van der Waals surface area contributed by atoms with Crippen LogP contribution in [0.3, 0.4) is 0 Å². The molecule has 2 rings (SSSR count). The first kappa shape index (κ1) is 13.2. The van der Waals surface area contributed by atoms with Crippen LogP contribution in [0, 0.1) is 0 Å². The van der Waals surface area contributed by atoms with Gasteiger partial charge in [0.1, 0.15) is 0 Å². The molecule has 2 aromatic carbocycles. The van der Waals surface area contributed by atoms with Crippen molar-refractivity contribution in [2.45, 2.75) is 0 Å². The number of rotatable bonds is 3. The van der Waals surface area contributed by atoms with E-state index in [0.29, 0.717) is 20.8 Å². The molecule has 0 amide bonds. The lowest BCUT2D eigenvalue weighted by molar-refractivity contribution is 1.35. The lowest BCUT2D eigenvalue weighted by Gasteiger charge is -2.06. The molecule has 2 aromatic rings. The number of nitrogens with one attached hydrogen (secondary N) is 1. The smallest absolute Gasteiger partial charge is 0.0935 e. The van der Waals surface area contributed by atoms with Crippen molar-refractivity contribution in [1.29, 1.82) is 0 Å². The average molecular weight is 300 g/mol. The van der Waals surface area contributed by atoms with Crippen molar-refractivity contribution >= 4 is 46.7 Å². The van der Waals surface area contributed by atoms with Gasteiger partial charge in [0.15, 0.2) is 0 Å². The van der Waals surface area contributed by atoms with Crippen LogP contribution >= 0.6 is 34.8 Å². The number of benzene rings is 2. The molecule has 5 heteroatoms. The highest BCUT2D eigenvalue weighted by Crippen LogP contribution is 2.33. The first-order valence-electron chi connectivity index (χ1n) is 5.15. The Kier molecular flexibility index (Phi) is 4.48. The van der Waals surface area contributed by atoms with E-state index in [1.807, 2.05) is 30.3 Å². The van der Waals surface area contributed by atoms with Gasteiger partial charge in [-0.15, -0.1) is 0 Å². The quantitative estimate of drug-likeness (QED) is 0.619. The minimum absolute atomic E-state index is 0.428. The van der Waals surface area contributed by atoms with E-state index in [-0.39, 0.29) is 0 Å². The summed E-state index contributed by atoms with van der Waals surface area (Å²) in [6.45, 7) is 0. The summed E-state index contributed by atoms with van der Waals surface area (Å²) < 4.78 is 0. The Balaban J connectivity index is 2.14. The molecule has 0 heterocycles. The predicted molar refractivity (Wildman–Crippen MR) is 79.1 cm³/mol.